The number of aromatic nitrogens is 2. The minimum absolute atomic E-state index is 0.352. The van der Waals surface area contributed by atoms with Gasteiger partial charge in [-0.2, -0.15) is 0 Å². The van der Waals surface area contributed by atoms with Gasteiger partial charge < -0.3 is 5.11 Å². The van der Waals surface area contributed by atoms with Crippen LogP contribution in [0.4, 0.5) is 0 Å². The third-order valence-corrected chi connectivity index (χ3v) is 2.44. The first-order chi connectivity index (χ1) is 8.65. The second-order valence-corrected chi connectivity index (χ2v) is 3.91. The van der Waals surface area contributed by atoms with Crippen LogP contribution in [0.15, 0.2) is 42.6 Å². The van der Waals surface area contributed by atoms with Crippen molar-refractivity contribution >= 4 is 23.6 Å². The summed E-state index contributed by atoms with van der Waals surface area (Å²) in [4.78, 5) is 18.6. The highest BCUT2D eigenvalue weighted by Crippen LogP contribution is 2.19. The van der Waals surface area contributed by atoms with Gasteiger partial charge in [-0.15, -0.1) is 0 Å². The molecular weight excluding hydrogens is 252 g/mol. The molecule has 0 fully saturated rings. The number of benzene rings is 1. The second kappa shape index (κ2) is 5.42. The van der Waals surface area contributed by atoms with Gasteiger partial charge in [0.05, 0.1) is 5.69 Å². The summed E-state index contributed by atoms with van der Waals surface area (Å²) in [6.07, 6.45) is 3.93. The summed E-state index contributed by atoms with van der Waals surface area (Å²) in [6, 6.07) is 8.98. The zero-order valence-electron chi connectivity index (χ0n) is 9.25. The van der Waals surface area contributed by atoms with Crippen LogP contribution in [0.2, 0.25) is 5.02 Å². The highest BCUT2D eigenvalue weighted by molar-refractivity contribution is 6.30. The Kier molecular flexibility index (Phi) is 3.69. The van der Waals surface area contributed by atoms with E-state index >= 15 is 0 Å². The molecule has 0 unspecified atom stereocenters. The molecule has 1 heterocycles. The van der Waals surface area contributed by atoms with Crippen molar-refractivity contribution in [2.75, 3.05) is 0 Å². The standard InChI is InChI=1S/C13H9ClN2O2/c14-10-3-1-9(2-4-10)11-7-8-15-12(16-11)5-6-13(17)18/h1-8H,(H,17,18)/b6-5+. The maximum atomic E-state index is 10.4. The molecule has 0 aliphatic carbocycles. The summed E-state index contributed by atoms with van der Waals surface area (Å²) < 4.78 is 0. The third kappa shape index (κ3) is 3.15. The Bertz CT molecular complexity index is 594. The van der Waals surface area contributed by atoms with Crippen molar-refractivity contribution in [3.63, 3.8) is 0 Å². The maximum Gasteiger partial charge on any atom is 0.328 e. The lowest BCUT2D eigenvalue weighted by molar-refractivity contribution is -0.131. The lowest BCUT2D eigenvalue weighted by Gasteiger charge is -2.01. The van der Waals surface area contributed by atoms with E-state index in [2.05, 4.69) is 9.97 Å². The molecule has 0 aliphatic heterocycles. The molecule has 5 heteroatoms. The van der Waals surface area contributed by atoms with Crippen molar-refractivity contribution in [3.05, 3.63) is 53.5 Å². The largest absolute Gasteiger partial charge is 0.478 e. The molecule has 2 aromatic rings. The number of carboxylic acids is 1. The maximum absolute atomic E-state index is 10.4. The number of halogens is 1. The van der Waals surface area contributed by atoms with Crippen molar-refractivity contribution < 1.29 is 9.90 Å². The van der Waals surface area contributed by atoms with E-state index in [4.69, 9.17) is 16.7 Å². The number of carbonyl (C=O) groups is 1. The summed E-state index contributed by atoms with van der Waals surface area (Å²) in [7, 11) is 0. The summed E-state index contributed by atoms with van der Waals surface area (Å²) in [5.41, 5.74) is 1.61. The van der Waals surface area contributed by atoms with Gasteiger partial charge in [0.15, 0.2) is 5.82 Å². The fourth-order valence-corrected chi connectivity index (χ4v) is 1.51. The van der Waals surface area contributed by atoms with E-state index in [9.17, 15) is 4.79 Å². The van der Waals surface area contributed by atoms with Crippen LogP contribution in [0.25, 0.3) is 17.3 Å². The van der Waals surface area contributed by atoms with E-state index in [0.29, 0.717) is 16.5 Å². The molecular formula is C13H9ClN2O2. The smallest absolute Gasteiger partial charge is 0.328 e. The molecule has 0 saturated carbocycles. The number of hydrogen-bond acceptors (Lipinski definition) is 3. The summed E-state index contributed by atoms with van der Waals surface area (Å²) in [6.45, 7) is 0. The van der Waals surface area contributed by atoms with E-state index in [1.54, 1.807) is 24.4 Å². The fourth-order valence-electron chi connectivity index (χ4n) is 1.38. The van der Waals surface area contributed by atoms with Crippen LogP contribution in [-0.4, -0.2) is 21.0 Å². The molecule has 18 heavy (non-hydrogen) atoms. The number of hydrogen-bond donors (Lipinski definition) is 1. The third-order valence-electron chi connectivity index (χ3n) is 2.19. The van der Waals surface area contributed by atoms with Crippen LogP contribution >= 0.6 is 11.6 Å². The Hall–Kier alpha value is -2.20. The van der Waals surface area contributed by atoms with Crippen molar-refractivity contribution in [1.82, 2.24) is 9.97 Å². The Labute approximate surface area is 109 Å². The van der Waals surface area contributed by atoms with E-state index in [1.807, 2.05) is 12.1 Å². The van der Waals surface area contributed by atoms with Crippen molar-refractivity contribution in [1.29, 1.82) is 0 Å². The van der Waals surface area contributed by atoms with Crippen LogP contribution < -0.4 is 0 Å². The lowest BCUT2D eigenvalue weighted by atomic mass is 10.1. The summed E-state index contributed by atoms with van der Waals surface area (Å²) in [5, 5.41) is 9.19. The lowest BCUT2D eigenvalue weighted by Crippen LogP contribution is -1.92. The number of carboxylic acid groups (broad SMARTS) is 1. The van der Waals surface area contributed by atoms with Crippen molar-refractivity contribution in [3.8, 4) is 11.3 Å². The molecule has 1 aromatic carbocycles. The molecule has 1 aromatic heterocycles. The van der Waals surface area contributed by atoms with Crippen LogP contribution in [0.5, 0.6) is 0 Å². The molecule has 0 amide bonds. The highest BCUT2D eigenvalue weighted by Gasteiger charge is 2.00. The number of aliphatic carboxylic acids is 1. The first kappa shape index (κ1) is 12.3. The first-order valence-corrected chi connectivity index (χ1v) is 5.53. The fraction of sp³-hybridized carbons (Fsp3) is 0. The SMILES string of the molecule is O=C(O)/C=C/c1nccc(-c2ccc(Cl)cc2)n1. The summed E-state index contributed by atoms with van der Waals surface area (Å²) in [5.74, 6) is -0.680. The minimum atomic E-state index is -1.03. The predicted octanol–water partition coefficient (Wildman–Crippen LogP) is 2.89. The predicted molar refractivity (Wildman–Crippen MR) is 69.1 cm³/mol. The van der Waals surface area contributed by atoms with Gasteiger partial charge in [-0.25, -0.2) is 14.8 Å². The van der Waals surface area contributed by atoms with E-state index in [1.165, 1.54) is 6.08 Å². The van der Waals surface area contributed by atoms with Gasteiger partial charge >= 0.3 is 5.97 Å². The molecule has 0 saturated heterocycles. The number of rotatable bonds is 3. The first-order valence-electron chi connectivity index (χ1n) is 5.15. The van der Waals surface area contributed by atoms with Gasteiger partial charge in [0.1, 0.15) is 0 Å². The van der Waals surface area contributed by atoms with Gasteiger partial charge in [-0.05, 0) is 24.3 Å². The van der Waals surface area contributed by atoms with Crippen molar-refractivity contribution in [2.45, 2.75) is 0 Å². The molecule has 1 N–H and O–H groups in total. The van der Waals surface area contributed by atoms with Crippen molar-refractivity contribution in [2.24, 2.45) is 0 Å². The Morgan fingerprint density at radius 2 is 1.94 bits per heavy atom. The Morgan fingerprint density at radius 3 is 2.61 bits per heavy atom. The molecule has 0 bridgehead atoms. The van der Waals surface area contributed by atoms with Gasteiger partial charge in [-0.1, -0.05) is 23.7 Å². The van der Waals surface area contributed by atoms with Crippen LogP contribution in [0, 0.1) is 0 Å². The molecule has 90 valence electrons. The van der Waals surface area contributed by atoms with E-state index in [-0.39, 0.29) is 0 Å². The molecule has 2 rings (SSSR count). The van der Waals surface area contributed by atoms with Crippen LogP contribution in [0.1, 0.15) is 5.82 Å². The van der Waals surface area contributed by atoms with E-state index in [0.717, 1.165) is 11.6 Å². The quantitative estimate of drug-likeness (QED) is 0.862. The second-order valence-electron chi connectivity index (χ2n) is 3.48. The van der Waals surface area contributed by atoms with Crippen LogP contribution in [-0.2, 0) is 4.79 Å². The minimum Gasteiger partial charge on any atom is -0.478 e. The topological polar surface area (TPSA) is 63.1 Å². The van der Waals surface area contributed by atoms with Crippen LogP contribution in [0.3, 0.4) is 0 Å². The molecule has 0 radical (unpaired) electrons. The zero-order chi connectivity index (χ0) is 13.0. The normalized spacial score (nSPS) is 10.7. The van der Waals surface area contributed by atoms with E-state index < -0.39 is 5.97 Å². The zero-order valence-corrected chi connectivity index (χ0v) is 10.0. The molecule has 0 atom stereocenters. The van der Waals surface area contributed by atoms with Gasteiger partial charge in [0, 0.05) is 22.9 Å². The van der Waals surface area contributed by atoms with Gasteiger partial charge in [0.2, 0.25) is 0 Å². The average molecular weight is 261 g/mol. The Balaban J connectivity index is 2.32. The van der Waals surface area contributed by atoms with Gasteiger partial charge in [0.25, 0.3) is 0 Å². The Morgan fingerprint density at radius 1 is 1.22 bits per heavy atom. The highest BCUT2D eigenvalue weighted by atomic mass is 35.5. The average Bonchev–Trinajstić information content (AvgIpc) is 2.37. The summed E-state index contributed by atoms with van der Waals surface area (Å²) >= 11 is 5.81. The monoisotopic (exact) mass is 260 g/mol. The van der Waals surface area contributed by atoms with Gasteiger partial charge in [-0.3, -0.25) is 0 Å². The molecule has 0 aliphatic rings. The molecule has 0 spiro atoms. The molecule has 4 nitrogen and oxygen atoms in total. The number of nitrogens with zero attached hydrogens (tertiary/aromatic N) is 2.